The van der Waals surface area contributed by atoms with Crippen molar-refractivity contribution in [3.8, 4) is 0 Å². The molecule has 0 heterocycles. The van der Waals surface area contributed by atoms with E-state index in [2.05, 4.69) is 27.1 Å². The Morgan fingerprint density at radius 1 is 1.26 bits per heavy atom. The SMILES string of the molecule is C=CCCCCCN(C)C(=NC)NCCNC(=O)Cc1cccc(F)c1.I. The first kappa shape index (κ1) is 25.4. The van der Waals surface area contributed by atoms with E-state index in [1.807, 2.05) is 13.1 Å². The largest absolute Gasteiger partial charge is 0.354 e. The number of benzene rings is 1. The summed E-state index contributed by atoms with van der Waals surface area (Å²) in [7, 11) is 3.75. The molecule has 0 atom stereocenters. The summed E-state index contributed by atoms with van der Waals surface area (Å²) in [6, 6.07) is 6.10. The Labute approximate surface area is 179 Å². The smallest absolute Gasteiger partial charge is 0.224 e. The van der Waals surface area contributed by atoms with Crippen molar-refractivity contribution >= 4 is 35.8 Å². The van der Waals surface area contributed by atoms with E-state index in [0.717, 1.165) is 25.3 Å². The Hall–Kier alpha value is -1.64. The summed E-state index contributed by atoms with van der Waals surface area (Å²) in [4.78, 5) is 18.2. The van der Waals surface area contributed by atoms with Gasteiger partial charge in [-0.3, -0.25) is 9.79 Å². The van der Waals surface area contributed by atoms with Gasteiger partial charge in [-0.25, -0.2) is 4.39 Å². The average molecular weight is 490 g/mol. The summed E-state index contributed by atoms with van der Waals surface area (Å²) in [6.07, 6.45) is 6.63. The summed E-state index contributed by atoms with van der Waals surface area (Å²) >= 11 is 0. The standard InChI is InChI=1S/C20H31FN4O.HI/c1-4-5-6-7-8-14-25(3)20(22-2)24-13-12-23-19(26)16-17-10-9-11-18(21)15-17;/h4,9-11,15H,1,5-8,12-14,16H2,2-3H3,(H,22,24)(H,23,26);1H. The Balaban J connectivity index is 0.00000676. The molecule has 0 saturated carbocycles. The van der Waals surface area contributed by atoms with Gasteiger partial charge in [0.05, 0.1) is 6.42 Å². The number of unbranched alkanes of at least 4 members (excludes halogenated alkanes) is 3. The summed E-state index contributed by atoms with van der Waals surface area (Å²) in [5.74, 6) is 0.365. The van der Waals surface area contributed by atoms with Crippen LogP contribution in [0.3, 0.4) is 0 Å². The number of guanidine groups is 1. The highest BCUT2D eigenvalue weighted by Gasteiger charge is 2.06. The second-order valence-electron chi connectivity index (χ2n) is 6.19. The highest BCUT2D eigenvalue weighted by molar-refractivity contribution is 14.0. The predicted octanol–water partition coefficient (Wildman–Crippen LogP) is 3.36. The molecule has 0 aliphatic heterocycles. The molecule has 1 aromatic carbocycles. The van der Waals surface area contributed by atoms with Crippen molar-refractivity contribution in [3.63, 3.8) is 0 Å². The van der Waals surface area contributed by atoms with E-state index >= 15 is 0 Å². The van der Waals surface area contributed by atoms with Crippen LogP contribution in [0.1, 0.15) is 31.2 Å². The molecule has 0 radical (unpaired) electrons. The Bertz CT molecular complexity index is 595. The molecule has 1 amide bonds. The number of rotatable bonds is 11. The summed E-state index contributed by atoms with van der Waals surface area (Å²) < 4.78 is 13.1. The lowest BCUT2D eigenvalue weighted by Gasteiger charge is -2.22. The van der Waals surface area contributed by atoms with Gasteiger partial charge in [0.15, 0.2) is 5.96 Å². The quantitative estimate of drug-likeness (QED) is 0.165. The number of aliphatic imine (C=N–C) groups is 1. The van der Waals surface area contributed by atoms with E-state index in [1.54, 1.807) is 19.2 Å². The van der Waals surface area contributed by atoms with Crippen LogP contribution in [-0.4, -0.2) is 50.5 Å². The molecule has 0 aliphatic carbocycles. The van der Waals surface area contributed by atoms with Crippen LogP contribution in [0.2, 0.25) is 0 Å². The number of carbonyl (C=O) groups excluding carboxylic acids is 1. The highest BCUT2D eigenvalue weighted by atomic mass is 127. The lowest BCUT2D eigenvalue weighted by atomic mass is 10.1. The van der Waals surface area contributed by atoms with E-state index in [-0.39, 0.29) is 42.1 Å². The maximum Gasteiger partial charge on any atom is 0.224 e. The van der Waals surface area contributed by atoms with Crippen LogP contribution in [0.4, 0.5) is 4.39 Å². The number of carbonyl (C=O) groups is 1. The van der Waals surface area contributed by atoms with Gasteiger partial charge in [-0.1, -0.05) is 24.6 Å². The van der Waals surface area contributed by atoms with Crippen LogP contribution in [0.5, 0.6) is 0 Å². The minimum Gasteiger partial charge on any atom is -0.354 e. The van der Waals surface area contributed by atoms with Gasteiger partial charge in [0.2, 0.25) is 5.91 Å². The Morgan fingerprint density at radius 2 is 2.00 bits per heavy atom. The van der Waals surface area contributed by atoms with Crippen molar-refractivity contribution in [1.29, 1.82) is 0 Å². The van der Waals surface area contributed by atoms with Crippen molar-refractivity contribution in [1.82, 2.24) is 15.5 Å². The Morgan fingerprint density at radius 3 is 2.67 bits per heavy atom. The van der Waals surface area contributed by atoms with Gasteiger partial charge in [0.1, 0.15) is 5.82 Å². The number of hydrogen-bond acceptors (Lipinski definition) is 2. The van der Waals surface area contributed by atoms with Gasteiger partial charge in [0, 0.05) is 33.7 Å². The second-order valence-corrected chi connectivity index (χ2v) is 6.19. The van der Waals surface area contributed by atoms with E-state index in [9.17, 15) is 9.18 Å². The van der Waals surface area contributed by atoms with Crippen molar-refractivity contribution in [2.75, 3.05) is 33.7 Å². The average Bonchev–Trinajstić information content (AvgIpc) is 2.61. The first-order valence-electron chi connectivity index (χ1n) is 9.10. The molecule has 0 saturated heterocycles. The number of halogens is 2. The minimum atomic E-state index is -0.326. The fourth-order valence-corrected chi connectivity index (χ4v) is 2.58. The van der Waals surface area contributed by atoms with Gasteiger partial charge >= 0.3 is 0 Å². The molecule has 27 heavy (non-hydrogen) atoms. The fraction of sp³-hybridized carbons (Fsp3) is 0.500. The molecule has 0 aliphatic rings. The van der Waals surface area contributed by atoms with Crippen LogP contribution < -0.4 is 10.6 Å². The topological polar surface area (TPSA) is 56.7 Å². The zero-order chi connectivity index (χ0) is 19.2. The second kappa shape index (κ2) is 15.4. The Kier molecular flexibility index (Phi) is 14.5. The highest BCUT2D eigenvalue weighted by Crippen LogP contribution is 2.04. The molecule has 2 N–H and O–H groups in total. The zero-order valence-corrected chi connectivity index (χ0v) is 18.7. The van der Waals surface area contributed by atoms with Gasteiger partial charge in [0.25, 0.3) is 0 Å². The molecule has 0 spiro atoms. The van der Waals surface area contributed by atoms with Gasteiger partial charge < -0.3 is 15.5 Å². The van der Waals surface area contributed by atoms with Crippen LogP contribution in [0, 0.1) is 5.82 Å². The van der Waals surface area contributed by atoms with Crippen LogP contribution in [0.25, 0.3) is 0 Å². The third-order valence-corrected chi connectivity index (χ3v) is 3.96. The summed E-state index contributed by atoms with van der Waals surface area (Å²) in [5.41, 5.74) is 0.669. The summed E-state index contributed by atoms with van der Waals surface area (Å²) in [6.45, 7) is 5.74. The number of nitrogens with one attached hydrogen (secondary N) is 2. The van der Waals surface area contributed by atoms with Gasteiger partial charge in [-0.15, -0.1) is 30.6 Å². The number of amides is 1. The molecule has 0 unspecified atom stereocenters. The van der Waals surface area contributed by atoms with Crippen molar-refractivity contribution < 1.29 is 9.18 Å². The fourth-order valence-electron chi connectivity index (χ4n) is 2.58. The predicted molar refractivity (Wildman–Crippen MR) is 121 cm³/mol. The minimum absolute atomic E-state index is 0. The van der Waals surface area contributed by atoms with Crippen molar-refractivity contribution in [2.45, 2.75) is 32.1 Å². The first-order chi connectivity index (χ1) is 12.6. The maximum atomic E-state index is 13.1. The first-order valence-corrected chi connectivity index (χ1v) is 9.10. The van der Waals surface area contributed by atoms with Crippen LogP contribution >= 0.6 is 24.0 Å². The molecule has 0 bridgehead atoms. The lowest BCUT2D eigenvalue weighted by Crippen LogP contribution is -2.43. The van der Waals surface area contributed by atoms with Gasteiger partial charge in [-0.05, 0) is 37.0 Å². The number of allylic oxidation sites excluding steroid dienone is 1. The van der Waals surface area contributed by atoms with Crippen molar-refractivity contribution in [3.05, 3.63) is 48.3 Å². The normalized spacial score (nSPS) is 10.7. The molecular formula is C20H32FIN4O. The number of hydrogen-bond donors (Lipinski definition) is 2. The monoisotopic (exact) mass is 490 g/mol. The maximum absolute atomic E-state index is 13.1. The molecule has 0 aromatic heterocycles. The molecule has 0 fully saturated rings. The van der Waals surface area contributed by atoms with E-state index in [0.29, 0.717) is 18.7 Å². The van der Waals surface area contributed by atoms with E-state index < -0.39 is 0 Å². The number of nitrogens with zero attached hydrogens (tertiary/aromatic N) is 2. The van der Waals surface area contributed by atoms with Gasteiger partial charge in [-0.2, -0.15) is 0 Å². The van der Waals surface area contributed by atoms with Crippen LogP contribution in [0.15, 0.2) is 41.9 Å². The molecule has 5 nitrogen and oxygen atoms in total. The van der Waals surface area contributed by atoms with E-state index in [4.69, 9.17) is 0 Å². The molecule has 152 valence electrons. The third kappa shape index (κ3) is 11.6. The van der Waals surface area contributed by atoms with Crippen LogP contribution in [-0.2, 0) is 11.2 Å². The summed E-state index contributed by atoms with van der Waals surface area (Å²) in [5, 5.41) is 6.06. The van der Waals surface area contributed by atoms with E-state index in [1.165, 1.54) is 25.0 Å². The van der Waals surface area contributed by atoms with Crippen molar-refractivity contribution in [2.24, 2.45) is 4.99 Å². The molecule has 1 rings (SSSR count). The lowest BCUT2D eigenvalue weighted by molar-refractivity contribution is -0.120. The molecular weight excluding hydrogens is 458 g/mol. The molecule has 1 aromatic rings. The zero-order valence-electron chi connectivity index (χ0n) is 16.3. The molecule has 7 heteroatoms. The third-order valence-electron chi connectivity index (χ3n) is 3.96.